The first kappa shape index (κ1) is 22.1. The number of nitrogens with zero attached hydrogens (tertiary/aromatic N) is 1. The highest BCUT2D eigenvalue weighted by atomic mass is 35.5. The van der Waals surface area contributed by atoms with E-state index in [1.165, 1.54) is 25.3 Å². The van der Waals surface area contributed by atoms with Crippen LogP contribution in [0.4, 0.5) is 13.2 Å². The molecule has 1 fully saturated rings. The second kappa shape index (κ2) is 9.84. The van der Waals surface area contributed by atoms with Crippen LogP contribution in [0.3, 0.4) is 0 Å². The number of hydrogen-bond donors (Lipinski definition) is 2. The first-order valence-electron chi connectivity index (χ1n) is 8.69. The molecule has 1 aromatic carbocycles. The lowest BCUT2D eigenvalue weighted by molar-refractivity contribution is -0.137. The van der Waals surface area contributed by atoms with Crippen LogP contribution in [0.15, 0.2) is 53.0 Å². The molecule has 0 saturated carbocycles. The Morgan fingerprint density at radius 1 is 1.39 bits per heavy atom. The van der Waals surface area contributed by atoms with Gasteiger partial charge in [-0.25, -0.2) is 0 Å². The average molecular weight is 418 g/mol. The highest BCUT2D eigenvalue weighted by Gasteiger charge is 2.31. The van der Waals surface area contributed by atoms with Crippen LogP contribution in [0, 0.1) is 0 Å². The predicted octanol–water partition coefficient (Wildman–Crippen LogP) is 4.46. The minimum Gasteiger partial charge on any atom is -0.481 e. The van der Waals surface area contributed by atoms with Gasteiger partial charge in [-0.05, 0) is 43.5 Å². The molecular formula is C19H23ClF3N3O2. The van der Waals surface area contributed by atoms with Crippen molar-refractivity contribution in [1.29, 1.82) is 0 Å². The van der Waals surface area contributed by atoms with Crippen LogP contribution < -0.4 is 11.1 Å². The van der Waals surface area contributed by atoms with Crippen molar-refractivity contribution in [3.63, 3.8) is 0 Å². The van der Waals surface area contributed by atoms with Crippen molar-refractivity contribution in [2.75, 3.05) is 13.7 Å². The second-order valence-electron chi connectivity index (χ2n) is 6.30. The van der Waals surface area contributed by atoms with Crippen molar-refractivity contribution in [3.05, 3.63) is 59.1 Å². The molecule has 1 aliphatic heterocycles. The van der Waals surface area contributed by atoms with Crippen molar-refractivity contribution >= 4 is 17.4 Å². The Morgan fingerprint density at radius 3 is 2.64 bits per heavy atom. The summed E-state index contributed by atoms with van der Waals surface area (Å²) in [7, 11) is 1.44. The molecule has 154 valence electrons. The normalized spacial score (nSPS) is 21.3. The molecule has 0 amide bonds. The number of amidine groups is 1. The van der Waals surface area contributed by atoms with Crippen molar-refractivity contribution < 1.29 is 22.6 Å². The molecule has 28 heavy (non-hydrogen) atoms. The van der Waals surface area contributed by atoms with Crippen LogP contribution in [-0.4, -0.2) is 25.6 Å². The topological polar surface area (TPSA) is 68.9 Å². The predicted molar refractivity (Wildman–Crippen MR) is 103 cm³/mol. The highest BCUT2D eigenvalue weighted by Crippen LogP contribution is 2.34. The number of alkyl halides is 3. The van der Waals surface area contributed by atoms with Crippen molar-refractivity contribution in [3.8, 4) is 0 Å². The molecule has 3 N–H and O–H groups in total. The summed E-state index contributed by atoms with van der Waals surface area (Å²) in [4.78, 5) is 4.12. The summed E-state index contributed by atoms with van der Waals surface area (Å²) in [6, 6.07) is 5.09. The zero-order valence-electron chi connectivity index (χ0n) is 15.4. The van der Waals surface area contributed by atoms with Gasteiger partial charge in [-0.2, -0.15) is 18.2 Å². The Hall–Kier alpha value is -2.19. The largest absolute Gasteiger partial charge is 0.481 e. The van der Waals surface area contributed by atoms with Gasteiger partial charge in [-0.15, -0.1) is 0 Å². The molecular weight excluding hydrogens is 395 g/mol. The molecule has 0 unspecified atom stereocenters. The second-order valence-corrected chi connectivity index (χ2v) is 6.74. The van der Waals surface area contributed by atoms with Gasteiger partial charge in [0.15, 0.2) is 0 Å². The molecule has 9 heteroatoms. The summed E-state index contributed by atoms with van der Waals surface area (Å²) >= 11 is 5.70. The number of aliphatic imine (C=N–C) groups is 1. The Kier molecular flexibility index (Phi) is 7.77. The fraction of sp³-hybridized carbons (Fsp3) is 0.421. The van der Waals surface area contributed by atoms with Gasteiger partial charge in [-0.1, -0.05) is 23.7 Å². The molecule has 1 heterocycles. The lowest BCUT2D eigenvalue weighted by atomic mass is 9.97. The van der Waals surface area contributed by atoms with Gasteiger partial charge in [0.1, 0.15) is 11.0 Å². The van der Waals surface area contributed by atoms with Gasteiger partial charge in [-0.3, -0.25) is 0 Å². The zero-order chi connectivity index (χ0) is 20.7. The van der Waals surface area contributed by atoms with E-state index in [1.807, 2.05) is 0 Å². The van der Waals surface area contributed by atoms with E-state index in [4.69, 9.17) is 26.8 Å². The van der Waals surface area contributed by atoms with Gasteiger partial charge < -0.3 is 20.5 Å². The molecule has 1 aromatic rings. The Bertz CT molecular complexity index is 729. The molecule has 1 saturated heterocycles. The number of nitrogens with two attached hydrogens (primary N) is 1. The number of nitrogens with one attached hydrogen (secondary N) is 1. The maximum atomic E-state index is 12.7. The first-order valence-corrected chi connectivity index (χ1v) is 9.07. The highest BCUT2D eigenvalue weighted by molar-refractivity contribution is 6.30. The van der Waals surface area contributed by atoms with E-state index < -0.39 is 11.7 Å². The summed E-state index contributed by atoms with van der Waals surface area (Å²) < 4.78 is 49.1. The van der Waals surface area contributed by atoms with Gasteiger partial charge in [0.2, 0.25) is 5.88 Å². The lowest BCUT2D eigenvalue weighted by Gasteiger charge is -2.31. The number of halogens is 4. The average Bonchev–Trinajstić information content (AvgIpc) is 2.65. The third kappa shape index (κ3) is 6.76. The van der Waals surface area contributed by atoms with Gasteiger partial charge >= 0.3 is 6.18 Å². The molecule has 2 rings (SSSR count). The molecule has 0 radical (unpaired) electrons. The smallest absolute Gasteiger partial charge is 0.416 e. The number of benzene rings is 1. The third-order valence-corrected chi connectivity index (χ3v) is 4.33. The molecule has 0 bridgehead atoms. The molecule has 1 aliphatic rings. The minimum atomic E-state index is -4.35. The summed E-state index contributed by atoms with van der Waals surface area (Å²) in [5.74, 6) is 0.559. The maximum absolute atomic E-state index is 12.7. The van der Waals surface area contributed by atoms with E-state index in [9.17, 15) is 13.2 Å². The monoisotopic (exact) mass is 417 g/mol. The number of methoxy groups -OCH3 is 1. The Balaban J connectivity index is 2.00. The van der Waals surface area contributed by atoms with Crippen LogP contribution in [-0.2, 0) is 15.7 Å². The van der Waals surface area contributed by atoms with Crippen LogP contribution in [0.2, 0.25) is 0 Å². The van der Waals surface area contributed by atoms with E-state index in [0.717, 1.165) is 37.0 Å². The molecule has 0 aliphatic carbocycles. The van der Waals surface area contributed by atoms with E-state index in [1.54, 1.807) is 0 Å². The SMILES string of the molecule is C=C(/N=C(\C=C(/N)Cl)NC[C@H]1CCC[C@@H](c2ccc(C(F)(F)F)cc2)O1)OC. The zero-order valence-corrected chi connectivity index (χ0v) is 16.2. The molecule has 2 atom stereocenters. The maximum Gasteiger partial charge on any atom is 0.416 e. The number of rotatable bonds is 6. The minimum absolute atomic E-state index is 0.0438. The van der Waals surface area contributed by atoms with Crippen LogP contribution in [0.1, 0.15) is 36.5 Å². The summed E-state index contributed by atoms with van der Waals surface area (Å²) in [6.45, 7) is 4.04. The third-order valence-electron chi connectivity index (χ3n) is 4.23. The van der Waals surface area contributed by atoms with Gasteiger partial charge in [0.05, 0.1) is 24.9 Å². The van der Waals surface area contributed by atoms with E-state index in [2.05, 4.69) is 16.9 Å². The fourth-order valence-corrected chi connectivity index (χ4v) is 2.94. The molecule has 0 spiro atoms. The summed E-state index contributed by atoms with van der Waals surface area (Å²) in [5, 5.41) is 3.13. The standard InChI is InChI=1S/C19H23ClF3N3O2/c1-12(27-2)26-18(10-17(20)24)25-11-15-4-3-5-16(28-15)13-6-8-14(9-7-13)19(21,22)23/h6-10,15-16H,1,3-5,11,24H2,2H3,(H,25,26)/b17-10-/t15-,16+/m1/s1. The number of hydrogen-bond acceptors (Lipinski definition) is 4. The first-order chi connectivity index (χ1) is 13.2. The van der Waals surface area contributed by atoms with Crippen LogP contribution >= 0.6 is 11.6 Å². The van der Waals surface area contributed by atoms with E-state index in [-0.39, 0.29) is 23.2 Å². The Morgan fingerprint density at radius 2 is 2.07 bits per heavy atom. The van der Waals surface area contributed by atoms with Crippen molar-refractivity contribution in [1.82, 2.24) is 5.32 Å². The van der Waals surface area contributed by atoms with E-state index in [0.29, 0.717) is 12.4 Å². The Labute approximate surface area is 167 Å². The van der Waals surface area contributed by atoms with Gasteiger partial charge in [0.25, 0.3) is 0 Å². The number of ether oxygens (including phenoxy) is 2. The molecule has 0 aromatic heterocycles. The quantitative estimate of drug-likeness (QED) is 0.310. The fourth-order valence-electron chi connectivity index (χ4n) is 2.83. The van der Waals surface area contributed by atoms with Crippen LogP contribution in [0.5, 0.6) is 0 Å². The van der Waals surface area contributed by atoms with Gasteiger partial charge in [0, 0.05) is 12.6 Å². The van der Waals surface area contributed by atoms with Crippen molar-refractivity contribution in [2.45, 2.75) is 37.6 Å². The molecule has 5 nitrogen and oxygen atoms in total. The van der Waals surface area contributed by atoms with E-state index >= 15 is 0 Å². The summed E-state index contributed by atoms with van der Waals surface area (Å²) in [6.07, 6.45) is -0.874. The lowest BCUT2D eigenvalue weighted by Crippen LogP contribution is -2.36. The van der Waals surface area contributed by atoms with Crippen molar-refractivity contribution in [2.24, 2.45) is 10.7 Å². The van der Waals surface area contributed by atoms with Crippen LogP contribution in [0.25, 0.3) is 0 Å². The summed E-state index contributed by atoms with van der Waals surface area (Å²) in [5.41, 5.74) is 5.54.